The molecular weight excluding hydrogens is 410 g/mol. The fourth-order valence-corrected chi connectivity index (χ4v) is 3.23. The van der Waals surface area contributed by atoms with Gasteiger partial charge in [-0.05, 0) is 56.6 Å². The molecule has 3 atom stereocenters. The van der Waals surface area contributed by atoms with E-state index in [1.807, 2.05) is 20.1 Å². The number of carboxylic acid groups (broad SMARTS) is 1. The summed E-state index contributed by atoms with van der Waals surface area (Å²) in [4.78, 5) is 48.6. The summed E-state index contributed by atoms with van der Waals surface area (Å²) in [6.07, 6.45) is 4.14. The molecule has 3 unspecified atom stereocenters. The van der Waals surface area contributed by atoms with E-state index >= 15 is 0 Å². The molecule has 174 valence electrons. The lowest BCUT2D eigenvalue weighted by atomic mass is 10.0. The average Bonchev–Trinajstić information content (AvgIpc) is 2.68. The molecule has 3 amide bonds. The molecule has 0 bridgehead atoms. The van der Waals surface area contributed by atoms with Crippen LogP contribution >= 0.6 is 11.8 Å². The van der Waals surface area contributed by atoms with Gasteiger partial charge in [0, 0.05) is 0 Å². The van der Waals surface area contributed by atoms with Crippen LogP contribution in [-0.4, -0.2) is 72.0 Å². The van der Waals surface area contributed by atoms with Crippen LogP contribution in [-0.2, 0) is 19.2 Å². The van der Waals surface area contributed by atoms with Gasteiger partial charge in [-0.1, -0.05) is 13.8 Å². The predicted molar refractivity (Wildman–Crippen MR) is 118 cm³/mol. The lowest BCUT2D eigenvalue weighted by Crippen LogP contribution is -2.56. The smallest absolute Gasteiger partial charge is 0.326 e. The number of nitrogens with one attached hydrogen (secondary N) is 3. The topological polar surface area (TPSA) is 177 Å². The molecule has 0 saturated heterocycles. The Morgan fingerprint density at radius 3 is 1.93 bits per heavy atom. The minimum absolute atomic E-state index is 0.0732. The lowest BCUT2D eigenvalue weighted by molar-refractivity contribution is -0.142. The molecular formula is C19H37N5O5S. The normalized spacial score (nSPS) is 13.9. The summed E-state index contributed by atoms with van der Waals surface area (Å²) in [7, 11) is 0. The Hall–Kier alpha value is -1.85. The maximum Gasteiger partial charge on any atom is 0.326 e. The third-order valence-electron chi connectivity index (χ3n) is 4.35. The van der Waals surface area contributed by atoms with E-state index in [1.165, 1.54) is 11.8 Å². The first kappa shape index (κ1) is 28.1. The number of amides is 3. The Bertz CT molecular complexity index is 561. The number of hydrogen-bond donors (Lipinski definition) is 6. The maximum atomic E-state index is 12.8. The molecule has 0 radical (unpaired) electrons. The van der Waals surface area contributed by atoms with Gasteiger partial charge in [-0.3, -0.25) is 14.4 Å². The van der Waals surface area contributed by atoms with E-state index in [2.05, 4.69) is 16.0 Å². The number of hydrogen-bond acceptors (Lipinski definition) is 7. The Morgan fingerprint density at radius 1 is 0.900 bits per heavy atom. The number of unbranched alkanes of at least 4 members (excludes halogenated alkanes) is 1. The number of aliphatic carboxylic acids is 1. The third kappa shape index (κ3) is 12.0. The summed E-state index contributed by atoms with van der Waals surface area (Å²) in [5.74, 6) is -2.00. The van der Waals surface area contributed by atoms with Crippen LogP contribution in [0.15, 0.2) is 0 Å². The predicted octanol–water partition coefficient (Wildman–Crippen LogP) is -0.588. The molecule has 30 heavy (non-hydrogen) atoms. The van der Waals surface area contributed by atoms with Crippen LogP contribution in [0.25, 0.3) is 0 Å². The highest BCUT2D eigenvalue weighted by Crippen LogP contribution is 2.08. The Morgan fingerprint density at radius 2 is 1.47 bits per heavy atom. The van der Waals surface area contributed by atoms with E-state index in [0.717, 1.165) is 0 Å². The molecule has 0 heterocycles. The molecule has 0 rings (SSSR count). The fourth-order valence-electron chi connectivity index (χ4n) is 2.76. The molecule has 0 aromatic carbocycles. The van der Waals surface area contributed by atoms with Gasteiger partial charge in [0.15, 0.2) is 0 Å². The van der Waals surface area contributed by atoms with Crippen molar-refractivity contribution in [2.45, 2.75) is 64.1 Å². The summed E-state index contributed by atoms with van der Waals surface area (Å²) in [5, 5.41) is 17.1. The second-order valence-corrected chi connectivity index (χ2v) is 8.47. The Kier molecular flexibility index (Phi) is 14.9. The van der Waals surface area contributed by atoms with E-state index in [1.54, 1.807) is 0 Å². The van der Waals surface area contributed by atoms with Crippen molar-refractivity contribution in [2.75, 3.05) is 25.1 Å². The lowest BCUT2D eigenvalue weighted by Gasteiger charge is -2.25. The fraction of sp³-hybridized carbons (Fsp3) is 0.789. The Balaban J connectivity index is 5.26. The molecule has 0 spiro atoms. The molecule has 0 aromatic rings. The van der Waals surface area contributed by atoms with E-state index in [9.17, 15) is 24.3 Å². The van der Waals surface area contributed by atoms with Crippen LogP contribution in [0, 0.1) is 5.92 Å². The first-order valence-electron chi connectivity index (χ1n) is 10.2. The maximum absolute atomic E-state index is 12.8. The minimum Gasteiger partial charge on any atom is -0.480 e. The molecule has 0 saturated carbocycles. The van der Waals surface area contributed by atoms with Crippen molar-refractivity contribution in [3.8, 4) is 0 Å². The Labute approximate surface area is 182 Å². The number of carbonyl (C=O) groups is 4. The second-order valence-electron chi connectivity index (χ2n) is 7.48. The van der Waals surface area contributed by atoms with Gasteiger partial charge in [0.05, 0.1) is 6.54 Å². The van der Waals surface area contributed by atoms with Gasteiger partial charge in [0.1, 0.15) is 18.1 Å². The number of nitrogens with two attached hydrogens (primary N) is 2. The zero-order chi connectivity index (χ0) is 23.1. The molecule has 0 fully saturated rings. The largest absolute Gasteiger partial charge is 0.480 e. The van der Waals surface area contributed by atoms with Crippen LogP contribution in [0.4, 0.5) is 0 Å². The van der Waals surface area contributed by atoms with Gasteiger partial charge in [0.2, 0.25) is 17.7 Å². The molecule has 0 aliphatic carbocycles. The van der Waals surface area contributed by atoms with Crippen molar-refractivity contribution in [2.24, 2.45) is 17.4 Å². The van der Waals surface area contributed by atoms with Crippen molar-refractivity contribution in [1.82, 2.24) is 16.0 Å². The van der Waals surface area contributed by atoms with E-state index in [4.69, 9.17) is 11.5 Å². The zero-order valence-electron chi connectivity index (χ0n) is 18.1. The van der Waals surface area contributed by atoms with Gasteiger partial charge in [-0.2, -0.15) is 11.8 Å². The highest BCUT2D eigenvalue weighted by Gasteiger charge is 2.29. The molecule has 10 nitrogen and oxygen atoms in total. The third-order valence-corrected chi connectivity index (χ3v) is 4.99. The molecule has 8 N–H and O–H groups in total. The summed E-state index contributed by atoms with van der Waals surface area (Å²) in [6.45, 7) is 3.93. The van der Waals surface area contributed by atoms with Crippen LogP contribution < -0.4 is 27.4 Å². The van der Waals surface area contributed by atoms with Gasteiger partial charge < -0.3 is 32.5 Å². The van der Waals surface area contributed by atoms with Crippen LogP contribution in [0.1, 0.15) is 46.0 Å². The van der Waals surface area contributed by atoms with Crippen molar-refractivity contribution >= 4 is 35.5 Å². The first-order chi connectivity index (χ1) is 14.2. The first-order valence-corrected chi connectivity index (χ1v) is 11.6. The van der Waals surface area contributed by atoms with E-state index in [-0.39, 0.29) is 18.9 Å². The molecule has 0 aliphatic heterocycles. The number of thioether (sulfide) groups is 1. The van der Waals surface area contributed by atoms with Crippen LogP contribution in [0.3, 0.4) is 0 Å². The summed E-state index contributed by atoms with van der Waals surface area (Å²) < 4.78 is 0. The van der Waals surface area contributed by atoms with E-state index < -0.39 is 41.8 Å². The van der Waals surface area contributed by atoms with Gasteiger partial charge >= 0.3 is 5.97 Å². The summed E-state index contributed by atoms with van der Waals surface area (Å²) in [5.41, 5.74) is 10.8. The van der Waals surface area contributed by atoms with Crippen molar-refractivity contribution in [3.63, 3.8) is 0 Å². The van der Waals surface area contributed by atoms with Crippen molar-refractivity contribution in [3.05, 3.63) is 0 Å². The van der Waals surface area contributed by atoms with Crippen LogP contribution in [0.2, 0.25) is 0 Å². The van der Waals surface area contributed by atoms with E-state index in [0.29, 0.717) is 38.0 Å². The SMILES string of the molecule is CSCCC(NC(=O)C(CCCCN)NC(=O)CN)C(=O)NC(CC(C)C)C(=O)O. The molecule has 11 heteroatoms. The standard InChI is InChI=1S/C19H37N5O5S/c1-12(2)10-15(19(28)29)24-18(27)14(7-9-30-3)23-17(26)13(6-4-5-8-20)22-16(25)11-21/h12-15H,4-11,20-21H2,1-3H3,(H,22,25)(H,23,26)(H,24,27)(H,28,29). The van der Waals surface area contributed by atoms with Crippen LogP contribution in [0.5, 0.6) is 0 Å². The van der Waals surface area contributed by atoms with Crippen molar-refractivity contribution in [1.29, 1.82) is 0 Å². The quantitative estimate of drug-likeness (QED) is 0.170. The van der Waals surface area contributed by atoms with Gasteiger partial charge in [0.25, 0.3) is 0 Å². The summed E-state index contributed by atoms with van der Waals surface area (Å²) >= 11 is 1.50. The monoisotopic (exact) mass is 447 g/mol. The van der Waals surface area contributed by atoms with Crippen molar-refractivity contribution < 1.29 is 24.3 Å². The zero-order valence-corrected chi connectivity index (χ0v) is 18.9. The molecule has 0 aromatic heterocycles. The summed E-state index contributed by atoms with van der Waals surface area (Å²) in [6, 6.07) is -2.79. The molecule has 0 aliphatic rings. The van der Waals surface area contributed by atoms with Gasteiger partial charge in [-0.15, -0.1) is 0 Å². The van der Waals surface area contributed by atoms with Gasteiger partial charge in [-0.25, -0.2) is 4.79 Å². The highest BCUT2D eigenvalue weighted by atomic mass is 32.2. The highest BCUT2D eigenvalue weighted by molar-refractivity contribution is 7.98. The number of carboxylic acids is 1. The second kappa shape index (κ2) is 15.9. The number of rotatable bonds is 16. The number of carbonyl (C=O) groups excluding carboxylic acids is 3. The minimum atomic E-state index is -1.12. The average molecular weight is 448 g/mol.